The van der Waals surface area contributed by atoms with Crippen LogP contribution in [0.2, 0.25) is 0 Å². The molecule has 11 nitrogen and oxygen atoms in total. The van der Waals surface area contributed by atoms with Crippen molar-refractivity contribution in [1.82, 2.24) is 21.3 Å². The van der Waals surface area contributed by atoms with Crippen molar-refractivity contribution in [3.8, 4) is 0 Å². The number of aliphatic hydroxyl groups is 1. The number of hydrogen-bond acceptors (Lipinski definition) is 7. The molecule has 0 spiro atoms. The molecule has 0 heterocycles. The molecule has 0 fully saturated rings. The van der Waals surface area contributed by atoms with Gasteiger partial charge in [0.15, 0.2) is 9.84 Å². The summed E-state index contributed by atoms with van der Waals surface area (Å²) in [5.74, 6) is -3.97. The van der Waals surface area contributed by atoms with Crippen LogP contribution < -0.4 is 21.3 Å². The summed E-state index contributed by atoms with van der Waals surface area (Å²) in [6.07, 6.45) is 1.51. The molecule has 3 aromatic carbocycles. The number of sulfone groups is 1. The van der Waals surface area contributed by atoms with Gasteiger partial charge in [0.05, 0.1) is 23.1 Å². The Morgan fingerprint density at radius 2 is 1.36 bits per heavy atom. The standard InChI is InChI=1S/C37H50F2N4O5S.C2H4O2/c1-4-11-32(12-5-2)49(47,48)25-34(43-37(46)41-23-27-13-8-7-9-14-27)36(45)42-33(20-29-18-30(38)21-31(39)19-29)35(44)24-40-22-28-16-10-15-26(6-3)17-28;1-2(3)4/h7-10,13-19,21,32-35,40,44H,4-6,11-12,20,22-25H2,1-3H3,(H,42,45)(H2,41,43,46);1H3,(H,3,4)/t33-,34?,35+;/m0./s1. The van der Waals surface area contributed by atoms with Crippen LogP contribution in [0.4, 0.5) is 13.6 Å². The molecule has 6 N–H and O–H groups in total. The van der Waals surface area contributed by atoms with Gasteiger partial charge in [-0.1, -0.05) is 88.2 Å². The van der Waals surface area contributed by atoms with Crippen LogP contribution in [0.1, 0.15) is 75.6 Å². The second-order valence-electron chi connectivity index (χ2n) is 12.9. The Kier molecular flexibility index (Phi) is 19.7. The third-order valence-electron chi connectivity index (χ3n) is 8.30. The van der Waals surface area contributed by atoms with Crippen LogP contribution in [0.5, 0.6) is 0 Å². The predicted molar refractivity (Wildman–Crippen MR) is 202 cm³/mol. The van der Waals surface area contributed by atoms with Crippen LogP contribution >= 0.6 is 0 Å². The minimum atomic E-state index is -3.86. The Hall–Kier alpha value is -4.40. The average molecular weight is 761 g/mol. The molecular formula is C39H54F2N4O7S. The van der Waals surface area contributed by atoms with E-state index < -0.39 is 68.6 Å². The molecule has 3 rings (SSSR count). The van der Waals surface area contributed by atoms with Gasteiger partial charge in [-0.2, -0.15) is 0 Å². The van der Waals surface area contributed by atoms with Crippen LogP contribution in [0, 0.1) is 11.6 Å². The number of aryl methyl sites for hydroxylation is 1. The van der Waals surface area contributed by atoms with Gasteiger partial charge in [0, 0.05) is 32.6 Å². The molecule has 0 saturated heterocycles. The van der Waals surface area contributed by atoms with E-state index in [4.69, 9.17) is 9.90 Å². The summed E-state index contributed by atoms with van der Waals surface area (Å²) in [5.41, 5.74) is 3.13. The molecule has 3 aromatic rings. The summed E-state index contributed by atoms with van der Waals surface area (Å²) in [7, 11) is -3.86. The van der Waals surface area contributed by atoms with Gasteiger partial charge in [0.2, 0.25) is 5.91 Å². The first-order chi connectivity index (χ1) is 25.2. The zero-order chi connectivity index (χ0) is 39.4. The first kappa shape index (κ1) is 44.8. The van der Waals surface area contributed by atoms with Crippen molar-refractivity contribution in [2.24, 2.45) is 0 Å². The van der Waals surface area contributed by atoms with Gasteiger partial charge >= 0.3 is 6.03 Å². The summed E-state index contributed by atoms with van der Waals surface area (Å²) >= 11 is 0. The van der Waals surface area contributed by atoms with Crippen LogP contribution in [0.15, 0.2) is 72.8 Å². The van der Waals surface area contributed by atoms with Gasteiger partial charge in [-0.3, -0.25) is 9.59 Å². The highest BCUT2D eigenvalue weighted by molar-refractivity contribution is 7.92. The Morgan fingerprint density at radius 3 is 1.94 bits per heavy atom. The van der Waals surface area contributed by atoms with Crippen LogP contribution in [-0.2, 0) is 45.4 Å². The number of urea groups is 1. The molecule has 1 unspecified atom stereocenters. The van der Waals surface area contributed by atoms with E-state index in [1.165, 1.54) is 0 Å². The van der Waals surface area contributed by atoms with Gasteiger partial charge in [-0.25, -0.2) is 22.0 Å². The quantitative estimate of drug-likeness (QED) is 0.0929. The maximum atomic E-state index is 14.1. The van der Waals surface area contributed by atoms with Crippen molar-refractivity contribution in [3.63, 3.8) is 0 Å². The average Bonchev–Trinajstić information content (AvgIpc) is 3.09. The molecule has 0 aromatic heterocycles. The Balaban J connectivity index is 0.00000231. The number of aliphatic hydroxyl groups excluding tert-OH is 1. The summed E-state index contributed by atoms with van der Waals surface area (Å²) in [5, 5.41) is 29.1. The second kappa shape index (κ2) is 23.3. The van der Waals surface area contributed by atoms with Crippen LogP contribution in [0.3, 0.4) is 0 Å². The van der Waals surface area contributed by atoms with Crippen molar-refractivity contribution < 1.29 is 41.8 Å². The van der Waals surface area contributed by atoms with Crippen molar-refractivity contribution in [3.05, 3.63) is 107 Å². The van der Waals surface area contributed by atoms with E-state index in [1.54, 1.807) is 0 Å². The number of amides is 3. The van der Waals surface area contributed by atoms with E-state index in [9.17, 15) is 31.9 Å². The highest BCUT2D eigenvalue weighted by Crippen LogP contribution is 2.18. The molecule has 0 aliphatic heterocycles. The lowest BCUT2D eigenvalue weighted by molar-refractivity contribution is -0.134. The van der Waals surface area contributed by atoms with Gasteiger partial charge < -0.3 is 31.5 Å². The number of carboxylic acid groups (broad SMARTS) is 1. The first-order valence-corrected chi connectivity index (χ1v) is 19.6. The summed E-state index contributed by atoms with van der Waals surface area (Å²) < 4.78 is 55.4. The molecule has 0 bridgehead atoms. The predicted octanol–water partition coefficient (Wildman–Crippen LogP) is 5.05. The lowest BCUT2D eigenvalue weighted by Crippen LogP contribution is -2.58. The van der Waals surface area contributed by atoms with Crippen molar-refractivity contribution >= 4 is 27.7 Å². The Morgan fingerprint density at radius 1 is 0.774 bits per heavy atom. The first-order valence-electron chi connectivity index (χ1n) is 17.9. The molecule has 292 valence electrons. The smallest absolute Gasteiger partial charge is 0.315 e. The number of carbonyl (C=O) groups excluding carboxylic acids is 2. The number of benzene rings is 3. The topological polar surface area (TPSA) is 174 Å². The van der Waals surface area contributed by atoms with Crippen molar-refractivity contribution in [2.75, 3.05) is 12.3 Å². The van der Waals surface area contributed by atoms with Gasteiger partial charge in [-0.15, -0.1) is 0 Å². The molecule has 0 saturated carbocycles. The largest absolute Gasteiger partial charge is 0.481 e. The Labute approximate surface area is 311 Å². The number of halogens is 2. The minimum absolute atomic E-state index is 0.00211. The van der Waals surface area contributed by atoms with E-state index in [1.807, 2.05) is 75.4 Å². The fraction of sp³-hybridized carbons (Fsp3) is 0.462. The van der Waals surface area contributed by atoms with Crippen molar-refractivity contribution in [1.29, 1.82) is 0 Å². The van der Waals surface area contributed by atoms with E-state index in [0.29, 0.717) is 32.2 Å². The number of hydrogen-bond donors (Lipinski definition) is 6. The zero-order valence-corrected chi connectivity index (χ0v) is 31.7. The summed E-state index contributed by atoms with van der Waals surface area (Å²) in [6, 6.07) is 16.6. The van der Waals surface area contributed by atoms with Crippen LogP contribution in [0.25, 0.3) is 0 Å². The van der Waals surface area contributed by atoms with E-state index in [0.717, 1.165) is 48.2 Å². The van der Waals surface area contributed by atoms with Gasteiger partial charge in [-0.05, 0) is 60.1 Å². The van der Waals surface area contributed by atoms with E-state index in [2.05, 4.69) is 21.3 Å². The lowest BCUT2D eigenvalue weighted by atomic mass is 10.00. The molecule has 3 atom stereocenters. The number of carbonyl (C=O) groups is 3. The van der Waals surface area contributed by atoms with E-state index in [-0.39, 0.29) is 25.1 Å². The molecule has 14 heteroatoms. The summed E-state index contributed by atoms with van der Waals surface area (Å²) in [6.45, 7) is 7.46. The normalized spacial score (nSPS) is 12.9. The van der Waals surface area contributed by atoms with Crippen LogP contribution in [-0.4, -0.2) is 72.3 Å². The molecule has 53 heavy (non-hydrogen) atoms. The number of aliphatic carboxylic acids is 1. The molecule has 0 aliphatic rings. The molecule has 3 amide bonds. The monoisotopic (exact) mass is 760 g/mol. The highest BCUT2D eigenvalue weighted by atomic mass is 32.2. The number of nitrogens with one attached hydrogen (secondary N) is 4. The lowest BCUT2D eigenvalue weighted by Gasteiger charge is -2.28. The molecule has 0 aliphatic carbocycles. The SMILES string of the molecule is CC(=O)O.CCCC(CCC)S(=O)(=O)CC(NC(=O)NCc1ccccc1)C(=O)N[C@@H](Cc1cc(F)cc(F)c1)[C@H](O)CNCc1cccc(CC)c1. The highest BCUT2D eigenvalue weighted by Gasteiger charge is 2.34. The molecule has 0 radical (unpaired) electrons. The third kappa shape index (κ3) is 17.3. The third-order valence-corrected chi connectivity index (χ3v) is 10.6. The fourth-order valence-electron chi connectivity index (χ4n) is 5.70. The fourth-order valence-corrected chi connectivity index (χ4v) is 7.86. The maximum Gasteiger partial charge on any atom is 0.315 e. The minimum Gasteiger partial charge on any atom is -0.481 e. The van der Waals surface area contributed by atoms with Gasteiger partial charge in [0.1, 0.15) is 17.7 Å². The summed E-state index contributed by atoms with van der Waals surface area (Å²) in [4.78, 5) is 35.9. The van der Waals surface area contributed by atoms with Crippen molar-refractivity contribution in [2.45, 2.75) is 103 Å². The molecular weight excluding hydrogens is 707 g/mol. The zero-order valence-electron chi connectivity index (χ0n) is 30.9. The number of rotatable bonds is 20. The number of carboxylic acids is 1. The maximum absolute atomic E-state index is 14.1. The van der Waals surface area contributed by atoms with Gasteiger partial charge in [0.25, 0.3) is 5.97 Å². The Bertz CT molecular complexity index is 1670. The van der Waals surface area contributed by atoms with E-state index >= 15 is 0 Å². The second-order valence-corrected chi connectivity index (χ2v) is 15.2.